The molecule has 0 saturated heterocycles. The van der Waals surface area contributed by atoms with E-state index < -0.39 is 0 Å². The van der Waals surface area contributed by atoms with Gasteiger partial charge in [-0.05, 0) is 30.3 Å². The molecule has 1 aromatic heterocycles. The quantitative estimate of drug-likeness (QED) is 0.666. The maximum absolute atomic E-state index is 13.9. The van der Waals surface area contributed by atoms with Crippen LogP contribution in [0.5, 0.6) is 0 Å². The Labute approximate surface area is 104 Å². The van der Waals surface area contributed by atoms with Crippen LogP contribution in [0.25, 0.3) is 22.4 Å². The Hall–Kier alpha value is -2.36. The fraction of sp³-hybridized carbons (Fsp3) is 0.0714. The number of nitrogen functional groups attached to an aromatic ring is 1. The number of hydrogen-bond donors (Lipinski definition) is 1. The summed E-state index contributed by atoms with van der Waals surface area (Å²) in [4.78, 5) is 4.46. The van der Waals surface area contributed by atoms with Gasteiger partial charge in [-0.15, -0.1) is 0 Å². The monoisotopic (exact) mass is 241 g/mol. The Kier molecular flexibility index (Phi) is 2.30. The van der Waals surface area contributed by atoms with E-state index in [4.69, 9.17) is 5.73 Å². The van der Waals surface area contributed by atoms with Gasteiger partial charge in [-0.1, -0.05) is 12.1 Å². The number of nitrogens with zero attached hydrogens (tertiary/aromatic N) is 2. The Morgan fingerprint density at radius 1 is 1.17 bits per heavy atom. The number of fused-ring (bicyclic) bond motifs is 1. The van der Waals surface area contributed by atoms with E-state index >= 15 is 0 Å². The number of nitrogens with two attached hydrogens (primary N) is 1. The lowest BCUT2D eigenvalue weighted by molar-refractivity contribution is 0.629. The summed E-state index contributed by atoms with van der Waals surface area (Å²) in [6.07, 6.45) is 0. The maximum Gasteiger partial charge on any atom is 0.143 e. The number of anilines is 1. The van der Waals surface area contributed by atoms with Gasteiger partial charge in [0.05, 0.1) is 16.6 Å². The Morgan fingerprint density at radius 2 is 1.94 bits per heavy atom. The Balaban J connectivity index is 2.28. The average Bonchev–Trinajstić information content (AvgIpc) is 2.68. The minimum absolute atomic E-state index is 0.353. The standard InChI is InChI=1S/C14H12FN3/c1-18-13-5-3-2-4-12(13)17-14(18)10-7-6-9(16)8-11(10)15/h2-8H,16H2,1H3. The fourth-order valence-electron chi connectivity index (χ4n) is 2.10. The van der Waals surface area contributed by atoms with Crippen molar-refractivity contribution in [2.75, 3.05) is 5.73 Å². The summed E-state index contributed by atoms with van der Waals surface area (Å²) in [5, 5.41) is 0. The molecular formula is C14H12FN3. The van der Waals surface area contributed by atoms with Crippen molar-refractivity contribution in [3.63, 3.8) is 0 Å². The van der Waals surface area contributed by atoms with Crippen LogP contribution in [0, 0.1) is 5.82 Å². The Bertz CT molecular complexity index is 731. The molecule has 0 aliphatic carbocycles. The predicted octanol–water partition coefficient (Wildman–Crippen LogP) is 2.96. The van der Waals surface area contributed by atoms with Crippen LogP contribution in [-0.4, -0.2) is 9.55 Å². The summed E-state index contributed by atoms with van der Waals surface area (Å²) in [6, 6.07) is 12.4. The van der Waals surface area contributed by atoms with Crippen LogP contribution in [0.3, 0.4) is 0 Å². The predicted molar refractivity (Wildman–Crippen MR) is 70.5 cm³/mol. The van der Waals surface area contributed by atoms with Crippen molar-refractivity contribution < 1.29 is 4.39 Å². The van der Waals surface area contributed by atoms with Crippen molar-refractivity contribution >= 4 is 16.7 Å². The summed E-state index contributed by atoms with van der Waals surface area (Å²) in [5.41, 5.74) is 8.25. The molecule has 4 heteroatoms. The highest BCUT2D eigenvalue weighted by Gasteiger charge is 2.13. The molecule has 0 radical (unpaired) electrons. The first-order chi connectivity index (χ1) is 8.66. The average molecular weight is 241 g/mol. The van der Waals surface area contributed by atoms with Gasteiger partial charge in [-0.3, -0.25) is 0 Å². The molecule has 3 rings (SSSR count). The molecule has 0 saturated carbocycles. The SMILES string of the molecule is Cn1c(-c2ccc(N)cc2F)nc2ccccc21. The van der Waals surface area contributed by atoms with Gasteiger partial charge in [0.2, 0.25) is 0 Å². The van der Waals surface area contributed by atoms with Crippen molar-refractivity contribution in [3.8, 4) is 11.4 Å². The third kappa shape index (κ3) is 1.54. The molecule has 2 N–H and O–H groups in total. The van der Waals surface area contributed by atoms with Crippen LogP contribution >= 0.6 is 0 Å². The summed E-state index contributed by atoms with van der Waals surface area (Å²) in [6.45, 7) is 0. The molecule has 0 aliphatic heterocycles. The molecule has 90 valence electrons. The number of rotatable bonds is 1. The van der Waals surface area contributed by atoms with Crippen LogP contribution in [0.2, 0.25) is 0 Å². The van der Waals surface area contributed by atoms with Gasteiger partial charge in [0.25, 0.3) is 0 Å². The molecule has 0 aliphatic rings. The number of para-hydroxylation sites is 2. The molecule has 0 amide bonds. The summed E-state index contributed by atoms with van der Waals surface area (Å²) >= 11 is 0. The van der Waals surface area contributed by atoms with Crippen LogP contribution in [-0.2, 0) is 7.05 Å². The van der Waals surface area contributed by atoms with Gasteiger partial charge in [0, 0.05) is 12.7 Å². The number of aromatic nitrogens is 2. The van der Waals surface area contributed by atoms with Gasteiger partial charge >= 0.3 is 0 Å². The van der Waals surface area contributed by atoms with Crippen molar-refractivity contribution in [3.05, 3.63) is 48.3 Å². The van der Waals surface area contributed by atoms with E-state index in [1.165, 1.54) is 6.07 Å². The van der Waals surface area contributed by atoms with E-state index in [1.54, 1.807) is 12.1 Å². The van der Waals surface area contributed by atoms with E-state index in [-0.39, 0.29) is 5.82 Å². The lowest BCUT2D eigenvalue weighted by Gasteiger charge is -2.04. The zero-order chi connectivity index (χ0) is 12.7. The van der Waals surface area contributed by atoms with E-state index in [9.17, 15) is 4.39 Å². The highest BCUT2D eigenvalue weighted by Crippen LogP contribution is 2.26. The van der Waals surface area contributed by atoms with E-state index in [2.05, 4.69) is 4.98 Å². The van der Waals surface area contributed by atoms with Gasteiger partial charge in [-0.2, -0.15) is 0 Å². The molecule has 1 heterocycles. The normalized spacial score (nSPS) is 11.0. The van der Waals surface area contributed by atoms with Crippen LogP contribution in [0.1, 0.15) is 0 Å². The lowest BCUT2D eigenvalue weighted by atomic mass is 10.2. The highest BCUT2D eigenvalue weighted by atomic mass is 19.1. The first-order valence-electron chi connectivity index (χ1n) is 5.63. The topological polar surface area (TPSA) is 43.8 Å². The zero-order valence-corrected chi connectivity index (χ0v) is 9.89. The number of aryl methyl sites for hydroxylation is 1. The first kappa shape index (κ1) is 10.8. The molecule has 0 spiro atoms. The van der Waals surface area contributed by atoms with E-state index in [0.29, 0.717) is 17.1 Å². The van der Waals surface area contributed by atoms with Crippen molar-refractivity contribution in [2.24, 2.45) is 7.05 Å². The minimum Gasteiger partial charge on any atom is -0.399 e. The van der Waals surface area contributed by atoms with Gasteiger partial charge in [-0.25, -0.2) is 9.37 Å². The minimum atomic E-state index is -0.353. The summed E-state index contributed by atoms with van der Waals surface area (Å²) in [7, 11) is 1.88. The van der Waals surface area contributed by atoms with Crippen molar-refractivity contribution in [1.82, 2.24) is 9.55 Å². The van der Waals surface area contributed by atoms with Gasteiger partial charge < -0.3 is 10.3 Å². The number of hydrogen-bond acceptors (Lipinski definition) is 2. The molecule has 3 nitrogen and oxygen atoms in total. The molecule has 0 bridgehead atoms. The van der Waals surface area contributed by atoms with Crippen molar-refractivity contribution in [1.29, 1.82) is 0 Å². The summed E-state index contributed by atoms with van der Waals surface area (Å²) < 4.78 is 15.8. The van der Waals surface area contributed by atoms with Crippen LogP contribution in [0.15, 0.2) is 42.5 Å². The van der Waals surface area contributed by atoms with E-state index in [1.807, 2.05) is 35.9 Å². The third-order valence-corrected chi connectivity index (χ3v) is 3.02. The molecule has 3 aromatic rings. The lowest BCUT2D eigenvalue weighted by Crippen LogP contribution is -1.96. The second-order valence-electron chi connectivity index (χ2n) is 4.22. The number of benzene rings is 2. The second kappa shape index (κ2) is 3.84. The molecule has 0 unspecified atom stereocenters. The van der Waals surface area contributed by atoms with E-state index in [0.717, 1.165) is 11.0 Å². The number of imidazole rings is 1. The largest absolute Gasteiger partial charge is 0.399 e. The first-order valence-corrected chi connectivity index (χ1v) is 5.63. The Morgan fingerprint density at radius 3 is 2.67 bits per heavy atom. The maximum atomic E-state index is 13.9. The molecule has 0 atom stereocenters. The summed E-state index contributed by atoms with van der Waals surface area (Å²) in [5.74, 6) is 0.252. The fourth-order valence-corrected chi connectivity index (χ4v) is 2.10. The van der Waals surface area contributed by atoms with Gasteiger partial charge in [0.1, 0.15) is 11.6 Å². The number of halogens is 1. The molecular weight excluding hydrogens is 229 g/mol. The zero-order valence-electron chi connectivity index (χ0n) is 9.89. The molecule has 18 heavy (non-hydrogen) atoms. The van der Waals surface area contributed by atoms with Gasteiger partial charge in [0.15, 0.2) is 0 Å². The van der Waals surface area contributed by atoms with Crippen molar-refractivity contribution in [2.45, 2.75) is 0 Å². The highest BCUT2D eigenvalue weighted by molar-refractivity contribution is 5.80. The molecule has 0 fully saturated rings. The van der Waals surface area contributed by atoms with Crippen LogP contribution < -0.4 is 5.73 Å². The van der Waals surface area contributed by atoms with Crippen LogP contribution in [0.4, 0.5) is 10.1 Å². The second-order valence-corrected chi connectivity index (χ2v) is 4.22. The smallest absolute Gasteiger partial charge is 0.143 e. The third-order valence-electron chi connectivity index (χ3n) is 3.02. The molecule has 2 aromatic carbocycles.